The lowest BCUT2D eigenvalue weighted by Gasteiger charge is -2.40. The van der Waals surface area contributed by atoms with Crippen molar-refractivity contribution in [2.45, 2.75) is 82.4 Å². The van der Waals surface area contributed by atoms with Crippen molar-refractivity contribution >= 4 is 6.09 Å². The molecule has 2 unspecified atom stereocenters. The molecule has 0 aromatic heterocycles. The normalized spacial score (nSPS) is 27.6. The van der Waals surface area contributed by atoms with Crippen LogP contribution in [0.4, 0.5) is 4.79 Å². The van der Waals surface area contributed by atoms with Crippen LogP contribution < -0.4 is 5.73 Å². The zero-order valence-corrected chi connectivity index (χ0v) is 17.6. The molecule has 0 spiro atoms. The molecule has 1 aromatic carbocycles. The van der Waals surface area contributed by atoms with Crippen molar-refractivity contribution in [2.24, 2.45) is 5.73 Å². The predicted molar refractivity (Wildman–Crippen MR) is 113 cm³/mol. The summed E-state index contributed by atoms with van der Waals surface area (Å²) >= 11 is 0. The fourth-order valence-corrected chi connectivity index (χ4v) is 4.49. The Hall–Kier alpha value is -1.79. The Kier molecular flexibility index (Phi) is 8.19. The Bertz CT molecular complexity index is 646. The van der Waals surface area contributed by atoms with E-state index in [0.29, 0.717) is 31.4 Å². The first kappa shape index (κ1) is 21.9. The minimum atomic E-state index is -0.255. The fraction of sp³-hybridized carbons (Fsp3) is 0.696. The molecule has 1 aliphatic carbocycles. The molecular weight excluding hydrogens is 368 g/mol. The number of nitrogens with zero attached hydrogens (tertiary/aromatic N) is 1. The zero-order valence-electron chi connectivity index (χ0n) is 17.6. The van der Waals surface area contributed by atoms with Crippen LogP contribution in [-0.4, -0.2) is 54.0 Å². The second-order valence-electron chi connectivity index (χ2n) is 8.44. The van der Waals surface area contributed by atoms with Crippen LogP contribution >= 0.6 is 0 Å². The topological polar surface area (TPSA) is 85.0 Å². The minimum Gasteiger partial charge on any atom is -0.508 e. The molecular formula is C23H36N2O4. The van der Waals surface area contributed by atoms with E-state index >= 15 is 0 Å². The molecule has 29 heavy (non-hydrogen) atoms. The highest BCUT2D eigenvalue weighted by Gasteiger charge is 2.34. The standard InChI is InChI=1S/C23H36N2O4/c1-2-3-14-28-23(27)25-13-5-8-21(24)22(25)16-29-20-11-9-17(10-12-20)18-6-4-7-19(26)15-18/h4,6-7,15,17,20-22,26H,2-3,5,8-14,16,24H2,1H3. The second-order valence-corrected chi connectivity index (χ2v) is 8.44. The van der Waals surface area contributed by atoms with E-state index in [-0.39, 0.29) is 24.3 Å². The molecule has 3 N–H and O–H groups in total. The van der Waals surface area contributed by atoms with Gasteiger partial charge in [0.15, 0.2) is 0 Å². The maximum absolute atomic E-state index is 12.5. The first-order valence-electron chi connectivity index (χ1n) is 11.2. The third kappa shape index (κ3) is 6.09. The third-order valence-corrected chi connectivity index (χ3v) is 6.31. The molecule has 1 aromatic rings. The summed E-state index contributed by atoms with van der Waals surface area (Å²) in [5.41, 5.74) is 7.54. The number of ether oxygens (including phenoxy) is 2. The lowest BCUT2D eigenvalue weighted by Crippen LogP contribution is -2.56. The van der Waals surface area contributed by atoms with Crippen molar-refractivity contribution in [3.63, 3.8) is 0 Å². The molecule has 0 radical (unpaired) electrons. The van der Waals surface area contributed by atoms with Crippen LogP contribution in [0.5, 0.6) is 5.75 Å². The predicted octanol–water partition coefficient (Wildman–Crippen LogP) is 4.16. The average Bonchev–Trinajstić information content (AvgIpc) is 2.73. The Morgan fingerprint density at radius 3 is 2.76 bits per heavy atom. The van der Waals surface area contributed by atoms with Gasteiger partial charge in [-0.2, -0.15) is 0 Å². The smallest absolute Gasteiger partial charge is 0.410 e. The number of likely N-dealkylation sites (tertiary alicyclic amines) is 1. The quantitative estimate of drug-likeness (QED) is 0.667. The van der Waals surface area contributed by atoms with Crippen molar-refractivity contribution in [1.82, 2.24) is 4.90 Å². The second kappa shape index (κ2) is 10.8. The molecule has 2 fully saturated rings. The van der Waals surface area contributed by atoms with Gasteiger partial charge >= 0.3 is 6.09 Å². The summed E-state index contributed by atoms with van der Waals surface area (Å²) in [6.07, 6.45) is 7.74. The highest BCUT2D eigenvalue weighted by molar-refractivity contribution is 5.68. The number of nitrogens with two attached hydrogens (primary N) is 1. The maximum atomic E-state index is 12.5. The number of phenolic OH excluding ortho intramolecular Hbond substituents is 1. The summed E-state index contributed by atoms with van der Waals surface area (Å²) in [6.45, 7) is 3.71. The third-order valence-electron chi connectivity index (χ3n) is 6.31. The van der Waals surface area contributed by atoms with E-state index in [1.807, 2.05) is 12.1 Å². The molecule has 2 atom stereocenters. The van der Waals surface area contributed by atoms with Gasteiger partial charge < -0.3 is 25.2 Å². The van der Waals surface area contributed by atoms with Crippen molar-refractivity contribution < 1.29 is 19.4 Å². The number of aromatic hydroxyl groups is 1. The lowest BCUT2D eigenvalue weighted by atomic mass is 9.82. The van der Waals surface area contributed by atoms with E-state index < -0.39 is 0 Å². The van der Waals surface area contributed by atoms with Gasteiger partial charge in [-0.1, -0.05) is 25.5 Å². The van der Waals surface area contributed by atoms with E-state index in [1.165, 1.54) is 5.56 Å². The van der Waals surface area contributed by atoms with Crippen molar-refractivity contribution in [2.75, 3.05) is 19.8 Å². The zero-order chi connectivity index (χ0) is 20.6. The number of hydrogen-bond acceptors (Lipinski definition) is 5. The van der Waals surface area contributed by atoms with Gasteiger partial charge in [-0.25, -0.2) is 4.79 Å². The van der Waals surface area contributed by atoms with Gasteiger partial charge in [0, 0.05) is 12.6 Å². The number of hydrogen-bond donors (Lipinski definition) is 2. The van der Waals surface area contributed by atoms with Crippen molar-refractivity contribution in [1.29, 1.82) is 0 Å². The number of benzene rings is 1. The van der Waals surface area contributed by atoms with E-state index in [0.717, 1.165) is 51.4 Å². The van der Waals surface area contributed by atoms with Crippen LogP contribution in [0.2, 0.25) is 0 Å². The molecule has 0 bridgehead atoms. The average molecular weight is 405 g/mol. The monoisotopic (exact) mass is 404 g/mol. The summed E-state index contributed by atoms with van der Waals surface area (Å²) < 4.78 is 11.6. The van der Waals surface area contributed by atoms with E-state index in [4.69, 9.17) is 15.2 Å². The Labute approximate surface area is 174 Å². The van der Waals surface area contributed by atoms with Crippen LogP contribution in [0, 0.1) is 0 Å². The molecule has 2 aliphatic rings. The first-order valence-corrected chi connectivity index (χ1v) is 11.2. The van der Waals surface area contributed by atoms with Gasteiger partial charge in [-0.05, 0) is 68.6 Å². The van der Waals surface area contributed by atoms with Gasteiger partial charge in [0.1, 0.15) is 5.75 Å². The Balaban J connectivity index is 1.48. The molecule has 1 heterocycles. The molecule has 1 aliphatic heterocycles. The first-order chi connectivity index (χ1) is 14.1. The number of unbranched alkanes of at least 4 members (excludes halogenated alkanes) is 1. The van der Waals surface area contributed by atoms with Crippen molar-refractivity contribution in [3.05, 3.63) is 29.8 Å². The highest BCUT2D eigenvalue weighted by Crippen LogP contribution is 2.35. The van der Waals surface area contributed by atoms with Crippen LogP contribution in [0.25, 0.3) is 0 Å². The van der Waals surface area contributed by atoms with Crippen molar-refractivity contribution in [3.8, 4) is 5.75 Å². The lowest BCUT2D eigenvalue weighted by molar-refractivity contribution is -0.0250. The summed E-state index contributed by atoms with van der Waals surface area (Å²) in [6, 6.07) is 7.41. The van der Waals surface area contributed by atoms with E-state index in [1.54, 1.807) is 11.0 Å². The van der Waals surface area contributed by atoms with Gasteiger partial charge in [0.2, 0.25) is 0 Å². The van der Waals surface area contributed by atoms with Gasteiger partial charge in [0.05, 0.1) is 25.4 Å². The number of carbonyl (C=O) groups excluding carboxylic acids is 1. The molecule has 1 saturated heterocycles. The van der Waals surface area contributed by atoms with E-state index in [2.05, 4.69) is 13.0 Å². The molecule has 1 saturated carbocycles. The van der Waals surface area contributed by atoms with Crippen LogP contribution in [0.1, 0.15) is 69.8 Å². The highest BCUT2D eigenvalue weighted by atomic mass is 16.6. The SMILES string of the molecule is CCCCOC(=O)N1CCCC(N)C1COC1CCC(c2cccc(O)c2)CC1. The molecule has 162 valence electrons. The fourth-order valence-electron chi connectivity index (χ4n) is 4.49. The van der Waals surface area contributed by atoms with Gasteiger partial charge in [-0.15, -0.1) is 0 Å². The summed E-state index contributed by atoms with van der Waals surface area (Å²) in [4.78, 5) is 14.3. The number of rotatable bonds is 7. The Morgan fingerprint density at radius 2 is 2.03 bits per heavy atom. The Morgan fingerprint density at radius 1 is 1.24 bits per heavy atom. The van der Waals surface area contributed by atoms with Gasteiger partial charge in [0.25, 0.3) is 0 Å². The molecule has 6 nitrogen and oxygen atoms in total. The van der Waals surface area contributed by atoms with Crippen LogP contribution in [-0.2, 0) is 9.47 Å². The van der Waals surface area contributed by atoms with Gasteiger partial charge in [-0.3, -0.25) is 0 Å². The van der Waals surface area contributed by atoms with Crippen LogP contribution in [0.3, 0.4) is 0 Å². The minimum absolute atomic E-state index is 0.0638. The molecule has 6 heteroatoms. The van der Waals surface area contributed by atoms with E-state index in [9.17, 15) is 9.90 Å². The number of piperidine rings is 1. The molecule has 3 rings (SSSR count). The summed E-state index contributed by atoms with van der Waals surface area (Å²) in [5, 5.41) is 9.71. The summed E-state index contributed by atoms with van der Waals surface area (Å²) in [7, 11) is 0. The van der Waals surface area contributed by atoms with Crippen LogP contribution in [0.15, 0.2) is 24.3 Å². The molecule has 1 amide bonds. The summed E-state index contributed by atoms with van der Waals surface area (Å²) in [5.74, 6) is 0.807. The number of carbonyl (C=O) groups is 1. The number of amides is 1. The maximum Gasteiger partial charge on any atom is 0.410 e. The largest absolute Gasteiger partial charge is 0.508 e. The number of phenols is 1.